The Bertz CT molecular complexity index is 1030. The molecule has 0 bridgehead atoms. The van der Waals surface area contributed by atoms with E-state index in [0.717, 1.165) is 11.1 Å². The Balaban J connectivity index is 1.68. The molecule has 3 rings (SSSR count). The van der Waals surface area contributed by atoms with Crippen LogP contribution in [0.4, 0.5) is 5.13 Å². The Morgan fingerprint density at radius 2 is 1.93 bits per heavy atom. The van der Waals surface area contributed by atoms with E-state index in [1.807, 2.05) is 37.3 Å². The van der Waals surface area contributed by atoms with Gasteiger partial charge in [0.1, 0.15) is 6.61 Å². The average Bonchev–Trinajstić information content (AvgIpc) is 3.08. The Morgan fingerprint density at radius 3 is 2.59 bits per heavy atom. The van der Waals surface area contributed by atoms with Crippen molar-refractivity contribution in [3.8, 4) is 11.5 Å². The van der Waals surface area contributed by atoms with Gasteiger partial charge in [-0.05, 0) is 43.2 Å². The number of anilines is 1. The van der Waals surface area contributed by atoms with E-state index >= 15 is 0 Å². The van der Waals surface area contributed by atoms with Crippen LogP contribution in [0.25, 0.3) is 0 Å². The molecule has 3 aromatic rings. The fourth-order valence-corrected chi connectivity index (χ4v) is 3.48. The van der Waals surface area contributed by atoms with Gasteiger partial charge in [-0.2, -0.15) is 5.10 Å². The number of aryl methyl sites for hydroxylation is 2. The number of ether oxygens (including phenoxy) is 2. The maximum absolute atomic E-state index is 11.5. The molecule has 29 heavy (non-hydrogen) atoms. The highest BCUT2D eigenvalue weighted by Gasteiger charge is 2.11. The number of thiazole rings is 1. The van der Waals surface area contributed by atoms with Crippen molar-refractivity contribution in [2.24, 2.45) is 5.10 Å². The van der Waals surface area contributed by atoms with Gasteiger partial charge in [-0.15, -0.1) is 0 Å². The van der Waals surface area contributed by atoms with Gasteiger partial charge in [0.15, 0.2) is 17.3 Å². The maximum atomic E-state index is 11.5. The summed E-state index contributed by atoms with van der Waals surface area (Å²) in [5, 5.41) is 4.79. The van der Waals surface area contributed by atoms with Crippen molar-refractivity contribution in [2.45, 2.75) is 27.4 Å². The third-order valence-electron chi connectivity index (χ3n) is 4.19. The number of carbonyl (C=O) groups excluding carboxylic acids is 1. The molecule has 0 saturated heterocycles. The number of methoxy groups -OCH3 is 1. The van der Waals surface area contributed by atoms with Crippen LogP contribution in [0.15, 0.2) is 47.6 Å². The first-order chi connectivity index (χ1) is 14.0. The second-order valence-corrected chi connectivity index (χ2v) is 7.54. The smallest absolute Gasteiger partial charge is 0.204 e. The van der Waals surface area contributed by atoms with Crippen LogP contribution < -0.4 is 14.9 Å². The number of hydrogen-bond donors (Lipinski definition) is 1. The number of Topliss-reactive ketones (excluding diaryl/α,β-unsaturated/α-hetero) is 1. The first-order valence-electron chi connectivity index (χ1n) is 9.10. The molecule has 0 atom stereocenters. The molecule has 0 radical (unpaired) electrons. The summed E-state index contributed by atoms with van der Waals surface area (Å²) in [6.07, 6.45) is 1.67. The first kappa shape index (κ1) is 20.5. The van der Waals surface area contributed by atoms with Crippen molar-refractivity contribution < 1.29 is 14.3 Å². The molecule has 1 aromatic heterocycles. The molecule has 0 aliphatic carbocycles. The molecule has 0 unspecified atom stereocenters. The third kappa shape index (κ3) is 5.42. The van der Waals surface area contributed by atoms with E-state index in [2.05, 4.69) is 34.6 Å². The van der Waals surface area contributed by atoms with E-state index < -0.39 is 0 Å². The minimum Gasteiger partial charge on any atom is -0.493 e. The molecule has 6 nitrogen and oxygen atoms in total. The van der Waals surface area contributed by atoms with Gasteiger partial charge in [0.2, 0.25) is 5.13 Å². The molecule has 0 aliphatic heterocycles. The van der Waals surface area contributed by atoms with Crippen LogP contribution in [0.1, 0.15) is 39.0 Å². The topological polar surface area (TPSA) is 72.8 Å². The number of rotatable bonds is 8. The Labute approximate surface area is 174 Å². The lowest BCUT2D eigenvalue weighted by Gasteiger charge is -2.11. The molecule has 0 aliphatic rings. The van der Waals surface area contributed by atoms with Gasteiger partial charge in [-0.25, -0.2) is 4.98 Å². The Kier molecular flexibility index (Phi) is 6.61. The third-order valence-corrected chi connectivity index (χ3v) is 5.36. The zero-order valence-electron chi connectivity index (χ0n) is 16.9. The van der Waals surface area contributed by atoms with Gasteiger partial charge in [-0.1, -0.05) is 41.2 Å². The van der Waals surface area contributed by atoms with E-state index in [0.29, 0.717) is 33.8 Å². The van der Waals surface area contributed by atoms with E-state index in [1.54, 1.807) is 13.3 Å². The Hall–Kier alpha value is -3.19. The predicted molar refractivity (Wildman–Crippen MR) is 117 cm³/mol. The van der Waals surface area contributed by atoms with Crippen molar-refractivity contribution in [3.05, 3.63) is 69.7 Å². The number of benzene rings is 2. The van der Waals surface area contributed by atoms with Crippen molar-refractivity contribution >= 4 is 28.5 Å². The van der Waals surface area contributed by atoms with E-state index in [1.165, 1.54) is 23.8 Å². The molecule has 0 saturated carbocycles. The van der Waals surface area contributed by atoms with Gasteiger partial charge < -0.3 is 9.47 Å². The van der Waals surface area contributed by atoms with Crippen LogP contribution >= 0.6 is 11.3 Å². The zero-order valence-corrected chi connectivity index (χ0v) is 17.7. The quantitative estimate of drug-likeness (QED) is 0.322. The number of nitrogens with zero attached hydrogens (tertiary/aromatic N) is 2. The molecule has 2 aromatic carbocycles. The van der Waals surface area contributed by atoms with Crippen LogP contribution in [0, 0.1) is 13.8 Å². The number of carbonyl (C=O) groups is 1. The summed E-state index contributed by atoms with van der Waals surface area (Å²) in [5.74, 6) is 1.30. The molecular weight excluding hydrogens is 386 g/mol. The highest BCUT2D eigenvalue weighted by molar-refractivity contribution is 7.17. The van der Waals surface area contributed by atoms with Crippen molar-refractivity contribution in [1.82, 2.24) is 4.98 Å². The molecule has 1 N–H and O–H groups in total. The molecule has 0 fully saturated rings. The number of ketones is 1. The second-order valence-electron chi connectivity index (χ2n) is 6.54. The SMILES string of the molecule is COc1ccc(/C=N\Nc2nc(C)c(C(C)=O)s2)cc1OCc1ccc(C)cc1. The largest absolute Gasteiger partial charge is 0.493 e. The molecular formula is C22H23N3O3S. The van der Waals surface area contributed by atoms with Crippen LogP contribution in [0.2, 0.25) is 0 Å². The minimum absolute atomic E-state index is 0.00236. The summed E-state index contributed by atoms with van der Waals surface area (Å²) < 4.78 is 11.3. The summed E-state index contributed by atoms with van der Waals surface area (Å²) in [4.78, 5) is 16.5. The van der Waals surface area contributed by atoms with Gasteiger partial charge in [0, 0.05) is 6.92 Å². The lowest BCUT2D eigenvalue weighted by atomic mass is 10.1. The summed E-state index contributed by atoms with van der Waals surface area (Å²) in [5.41, 5.74) is 6.72. The first-order valence-corrected chi connectivity index (χ1v) is 9.91. The second kappa shape index (κ2) is 9.34. The van der Waals surface area contributed by atoms with E-state index in [4.69, 9.17) is 9.47 Å². The van der Waals surface area contributed by atoms with E-state index in [-0.39, 0.29) is 5.78 Å². The normalized spacial score (nSPS) is 10.9. The van der Waals surface area contributed by atoms with E-state index in [9.17, 15) is 4.79 Å². The number of aromatic nitrogens is 1. The van der Waals surface area contributed by atoms with Gasteiger partial charge in [0.05, 0.1) is 23.9 Å². The van der Waals surface area contributed by atoms with Crippen LogP contribution in [0.3, 0.4) is 0 Å². The number of hydrazone groups is 1. The lowest BCUT2D eigenvalue weighted by Crippen LogP contribution is -1.99. The Morgan fingerprint density at radius 1 is 1.17 bits per heavy atom. The van der Waals surface area contributed by atoms with Crippen LogP contribution in [-0.2, 0) is 6.61 Å². The van der Waals surface area contributed by atoms with Gasteiger partial charge in [0.25, 0.3) is 0 Å². The number of nitrogens with one attached hydrogen (secondary N) is 1. The van der Waals surface area contributed by atoms with Crippen molar-refractivity contribution in [2.75, 3.05) is 12.5 Å². The minimum atomic E-state index is 0.00236. The van der Waals surface area contributed by atoms with Gasteiger partial charge >= 0.3 is 0 Å². The van der Waals surface area contributed by atoms with Crippen LogP contribution in [0.5, 0.6) is 11.5 Å². The highest BCUT2D eigenvalue weighted by Crippen LogP contribution is 2.28. The monoisotopic (exact) mass is 409 g/mol. The number of hydrogen-bond acceptors (Lipinski definition) is 7. The van der Waals surface area contributed by atoms with Crippen molar-refractivity contribution in [3.63, 3.8) is 0 Å². The highest BCUT2D eigenvalue weighted by atomic mass is 32.1. The summed E-state index contributed by atoms with van der Waals surface area (Å²) >= 11 is 1.29. The summed E-state index contributed by atoms with van der Waals surface area (Å²) in [7, 11) is 1.61. The predicted octanol–water partition coefficient (Wildman–Crippen LogP) is 5.00. The average molecular weight is 410 g/mol. The van der Waals surface area contributed by atoms with Crippen LogP contribution in [-0.4, -0.2) is 24.1 Å². The molecule has 7 heteroatoms. The van der Waals surface area contributed by atoms with Crippen molar-refractivity contribution in [1.29, 1.82) is 0 Å². The molecule has 0 spiro atoms. The zero-order chi connectivity index (χ0) is 20.8. The maximum Gasteiger partial charge on any atom is 0.204 e. The summed E-state index contributed by atoms with van der Waals surface area (Å²) in [6.45, 7) is 5.84. The lowest BCUT2D eigenvalue weighted by molar-refractivity contribution is 0.102. The van der Waals surface area contributed by atoms with Gasteiger partial charge in [-0.3, -0.25) is 10.2 Å². The molecule has 150 valence electrons. The standard InChI is InChI=1S/C22H23N3O3S/c1-14-5-7-17(8-6-14)13-28-20-11-18(9-10-19(20)27-4)12-23-25-22-24-15(2)21(29-22)16(3)26/h5-12H,13H2,1-4H3,(H,24,25)/b23-12-. The fraction of sp³-hybridized carbons (Fsp3) is 0.227. The summed E-state index contributed by atoms with van der Waals surface area (Å²) in [6, 6.07) is 13.8. The fourth-order valence-electron chi connectivity index (χ4n) is 2.66. The molecule has 1 heterocycles. The molecule has 0 amide bonds.